The second-order valence-electron chi connectivity index (χ2n) is 9.63. The largest absolute Gasteiger partial charge is 0.569 e. The molecule has 0 bridgehead atoms. The molecule has 0 aliphatic heterocycles. The Morgan fingerprint density at radius 2 is 1.78 bits per heavy atom. The van der Waals surface area contributed by atoms with E-state index < -0.39 is 40.2 Å². The second-order valence-corrected chi connectivity index (χ2v) is 11.3. The summed E-state index contributed by atoms with van der Waals surface area (Å²) in [5.74, 6) is -0.800. The zero-order valence-electron chi connectivity index (χ0n) is 24.6. The molecule has 0 saturated heterocycles. The molecule has 18 heteroatoms. The third-order valence-electron chi connectivity index (χ3n) is 6.11. The van der Waals surface area contributed by atoms with Crippen LogP contribution in [-0.2, 0) is 35.3 Å². The Kier molecular flexibility index (Phi) is 11.3. The molecule has 1 unspecified atom stereocenters. The van der Waals surface area contributed by atoms with Crippen LogP contribution in [0.2, 0.25) is 0 Å². The van der Waals surface area contributed by atoms with Crippen molar-refractivity contribution in [3.05, 3.63) is 71.1 Å². The van der Waals surface area contributed by atoms with Gasteiger partial charge >= 0.3 is 12.3 Å². The zero-order valence-corrected chi connectivity index (χ0v) is 25.5. The summed E-state index contributed by atoms with van der Waals surface area (Å²) in [6, 6.07) is 12.6. The summed E-state index contributed by atoms with van der Waals surface area (Å²) in [5, 5.41) is 19.9. The van der Waals surface area contributed by atoms with Crippen LogP contribution in [0.15, 0.2) is 64.8 Å². The molecule has 0 radical (unpaired) electrons. The van der Waals surface area contributed by atoms with Gasteiger partial charge in [0.15, 0.2) is 5.69 Å². The molecule has 1 amide bonds. The first-order chi connectivity index (χ1) is 21.1. The first-order valence-corrected chi connectivity index (χ1v) is 14.8. The lowest BCUT2D eigenvalue weighted by Gasteiger charge is -2.14. The molecule has 45 heavy (non-hydrogen) atoms. The molecule has 3 rings (SSSR count). The van der Waals surface area contributed by atoms with E-state index in [-0.39, 0.29) is 40.6 Å². The summed E-state index contributed by atoms with van der Waals surface area (Å²) in [5.41, 5.74) is 0.602. The van der Waals surface area contributed by atoms with Gasteiger partial charge in [0, 0.05) is 18.9 Å². The maximum absolute atomic E-state index is 13.5. The highest BCUT2D eigenvalue weighted by Crippen LogP contribution is 2.33. The third kappa shape index (κ3) is 9.82. The van der Waals surface area contributed by atoms with E-state index >= 15 is 0 Å². The summed E-state index contributed by atoms with van der Waals surface area (Å²) >= 11 is 0. The highest BCUT2D eigenvalue weighted by molar-refractivity contribution is 7.90. The van der Waals surface area contributed by atoms with Crippen molar-refractivity contribution < 1.29 is 50.5 Å². The highest BCUT2D eigenvalue weighted by Gasteiger charge is 2.35. The summed E-state index contributed by atoms with van der Waals surface area (Å²) in [6.45, 7) is 3.27. The molecular weight excluding hydrogens is 625 g/mol. The van der Waals surface area contributed by atoms with Crippen molar-refractivity contribution in [1.29, 1.82) is 0 Å². The average Bonchev–Trinajstić information content (AvgIpc) is 3.44. The highest BCUT2D eigenvalue weighted by atomic mass is 32.2. The maximum atomic E-state index is 13.5. The minimum absolute atomic E-state index is 0.0995. The summed E-state index contributed by atoms with van der Waals surface area (Å²) < 4.78 is 77.8. The molecule has 244 valence electrons. The van der Waals surface area contributed by atoms with E-state index in [2.05, 4.69) is 19.8 Å². The molecule has 0 fully saturated rings. The van der Waals surface area contributed by atoms with Gasteiger partial charge in [0.1, 0.15) is 0 Å². The molecule has 1 atom stereocenters. The van der Waals surface area contributed by atoms with Crippen LogP contribution < -0.4 is 4.72 Å². The fraction of sp³-hybridized carbons (Fsp3) is 0.370. The van der Waals surface area contributed by atoms with Crippen molar-refractivity contribution in [1.82, 2.24) is 19.5 Å². The van der Waals surface area contributed by atoms with Crippen LogP contribution in [-0.4, -0.2) is 67.2 Å². The molecule has 0 saturated carbocycles. The quantitative estimate of drug-likeness (QED) is 0.0679. The summed E-state index contributed by atoms with van der Waals surface area (Å²) in [6.07, 6.45) is -6.58. The lowest BCUT2D eigenvalue weighted by Crippen LogP contribution is -2.31. The predicted octanol–water partition coefficient (Wildman–Crippen LogP) is 4.71. The van der Waals surface area contributed by atoms with Crippen molar-refractivity contribution in [2.75, 3.05) is 20.7 Å². The number of carbonyl (C=O) groups is 2. The molecule has 3 aromatic rings. The van der Waals surface area contributed by atoms with Crippen molar-refractivity contribution in [2.24, 2.45) is 5.28 Å². The number of alkyl halides is 3. The number of ether oxygens (including phenoxy) is 2. The van der Waals surface area contributed by atoms with Gasteiger partial charge in [-0.05, 0) is 50.1 Å². The van der Waals surface area contributed by atoms with Gasteiger partial charge in [-0.15, -0.1) is 5.01 Å². The van der Waals surface area contributed by atoms with Crippen LogP contribution >= 0.6 is 0 Å². The number of hydrogen-bond acceptors (Lipinski definition) is 10. The van der Waals surface area contributed by atoms with E-state index in [0.717, 1.165) is 40.6 Å². The number of nitrogens with one attached hydrogen (secondary N) is 1. The molecule has 2 aromatic carbocycles. The van der Waals surface area contributed by atoms with Crippen molar-refractivity contribution >= 4 is 22.1 Å². The maximum Gasteiger partial charge on any atom is 0.511 e. The van der Waals surface area contributed by atoms with Crippen LogP contribution in [0.3, 0.4) is 0 Å². The SMILES string of the molecule is COC(=O)OC(C)ON=[N+]([O-])N(C)CCCCC(=O)NS(=O)(=O)c1ccc(-n2nc(C(F)(F)F)cc2-c2ccc(C)cc2)cc1. The number of nitrogens with zero attached hydrogens (tertiary/aromatic N) is 5. The van der Waals surface area contributed by atoms with Gasteiger partial charge in [-0.3, -0.25) is 9.63 Å². The monoisotopic (exact) mass is 656 g/mol. The first-order valence-electron chi connectivity index (χ1n) is 13.3. The second kappa shape index (κ2) is 14.7. The number of sulfonamides is 1. The van der Waals surface area contributed by atoms with Gasteiger partial charge in [0.2, 0.25) is 11.2 Å². The van der Waals surface area contributed by atoms with Gasteiger partial charge in [0.05, 0.1) is 41.9 Å². The van der Waals surface area contributed by atoms with Crippen LogP contribution in [0.25, 0.3) is 16.9 Å². The van der Waals surface area contributed by atoms with Crippen LogP contribution in [0.5, 0.6) is 0 Å². The van der Waals surface area contributed by atoms with Crippen LogP contribution in [0, 0.1) is 12.1 Å². The number of unbranched alkanes of at least 4 members (excludes halogenated alkanes) is 1. The van der Waals surface area contributed by atoms with Gasteiger partial charge in [-0.1, -0.05) is 29.8 Å². The molecule has 1 N–H and O–H groups in total. The van der Waals surface area contributed by atoms with E-state index in [1.54, 1.807) is 24.3 Å². The number of hydrazine groups is 1. The molecular formula is C27H31F3N6O8S. The number of aryl methyl sites for hydroxylation is 1. The fourth-order valence-electron chi connectivity index (χ4n) is 3.76. The number of halogens is 3. The molecule has 14 nitrogen and oxygen atoms in total. The van der Waals surface area contributed by atoms with Gasteiger partial charge in [-0.2, -0.15) is 18.3 Å². The number of benzene rings is 2. The number of amides is 1. The first kappa shape index (κ1) is 34.6. The number of aromatic nitrogens is 2. The molecule has 0 aliphatic carbocycles. The summed E-state index contributed by atoms with van der Waals surface area (Å²) in [7, 11) is -1.81. The molecule has 1 heterocycles. The Balaban J connectivity index is 1.58. The lowest BCUT2D eigenvalue weighted by molar-refractivity contribution is -0.707. The van der Waals surface area contributed by atoms with E-state index in [4.69, 9.17) is 4.84 Å². The third-order valence-corrected chi connectivity index (χ3v) is 7.50. The zero-order chi connectivity index (χ0) is 33.4. The average molecular weight is 657 g/mol. The summed E-state index contributed by atoms with van der Waals surface area (Å²) in [4.78, 5) is 27.8. The Labute approximate surface area is 256 Å². The van der Waals surface area contributed by atoms with Gasteiger partial charge in [0.25, 0.3) is 16.3 Å². The normalized spacial score (nSPS) is 12.7. The Bertz CT molecular complexity index is 1610. The topological polar surface area (TPSA) is 167 Å². The minimum atomic E-state index is -4.70. The minimum Gasteiger partial charge on any atom is -0.569 e. The molecule has 0 aliphatic rings. The number of methoxy groups -OCH3 is 1. The number of rotatable bonds is 13. The van der Waals surface area contributed by atoms with Crippen molar-refractivity contribution in [2.45, 2.75) is 50.5 Å². The Hall–Kier alpha value is -4.87. The van der Waals surface area contributed by atoms with Gasteiger partial charge < -0.3 is 14.7 Å². The van der Waals surface area contributed by atoms with Crippen molar-refractivity contribution in [3.63, 3.8) is 0 Å². The Morgan fingerprint density at radius 3 is 2.38 bits per heavy atom. The van der Waals surface area contributed by atoms with Gasteiger partial charge in [-0.25, -0.2) is 22.6 Å². The Morgan fingerprint density at radius 1 is 1.13 bits per heavy atom. The number of carbonyl (C=O) groups excluding carboxylic acids is 2. The molecule has 0 spiro atoms. The van der Waals surface area contributed by atoms with Crippen molar-refractivity contribution in [3.8, 4) is 16.9 Å². The smallest absolute Gasteiger partial charge is 0.511 e. The van der Waals surface area contributed by atoms with E-state index in [1.165, 1.54) is 26.1 Å². The lowest BCUT2D eigenvalue weighted by atomic mass is 10.1. The standard InChI is InChI=1S/C27H31F3N6O8S/c1-18-8-10-20(11-9-18)23-17-24(27(28,29)30)31-35(23)21-12-14-22(15-13-21)45(40,41)32-25(37)7-5-6-16-34(3)36(39)33-44-19(2)43-26(38)42-4/h8-15,17,19H,5-7,16H2,1-4H3,(H,32,37). The predicted molar refractivity (Wildman–Crippen MR) is 151 cm³/mol. The number of hydrogen-bond donors (Lipinski definition) is 1. The molecule has 1 aromatic heterocycles. The fourth-order valence-corrected chi connectivity index (χ4v) is 4.77. The van der Waals surface area contributed by atoms with Crippen LogP contribution in [0.4, 0.5) is 18.0 Å². The van der Waals surface area contributed by atoms with E-state index in [0.29, 0.717) is 12.0 Å². The van der Waals surface area contributed by atoms with Crippen LogP contribution in [0.1, 0.15) is 37.4 Å². The van der Waals surface area contributed by atoms with E-state index in [9.17, 15) is 36.4 Å². The van der Waals surface area contributed by atoms with E-state index in [1.807, 2.05) is 11.6 Å².